The Bertz CT molecular complexity index is 845. The van der Waals surface area contributed by atoms with Crippen LogP contribution in [0.25, 0.3) is 16.9 Å². The van der Waals surface area contributed by atoms with Crippen LogP contribution in [0.5, 0.6) is 0 Å². The number of thiol groups is 1. The lowest BCUT2D eigenvalue weighted by atomic mass is 10.0. The molecule has 1 aromatic heterocycles. The zero-order valence-electron chi connectivity index (χ0n) is 12.2. The molecule has 1 heterocycles. The molecule has 0 N–H and O–H groups in total. The van der Waals surface area contributed by atoms with Crippen molar-refractivity contribution in [3.8, 4) is 23.0 Å². The van der Waals surface area contributed by atoms with Gasteiger partial charge in [0.05, 0.1) is 23.9 Å². The van der Waals surface area contributed by atoms with E-state index in [4.69, 9.17) is 5.26 Å². The fourth-order valence-corrected chi connectivity index (χ4v) is 2.79. The Morgan fingerprint density at radius 3 is 2.64 bits per heavy atom. The number of aryl methyl sites for hydroxylation is 1. The summed E-state index contributed by atoms with van der Waals surface area (Å²) in [6, 6.07) is 18.2. The molecule has 0 radical (unpaired) electrons. The minimum absolute atomic E-state index is 0.323. The lowest BCUT2D eigenvalue weighted by Gasteiger charge is -2.05. The van der Waals surface area contributed by atoms with Crippen molar-refractivity contribution in [3.05, 3.63) is 65.9 Å². The van der Waals surface area contributed by atoms with Gasteiger partial charge in [-0.05, 0) is 30.7 Å². The fraction of sp³-hybridized carbons (Fsp3) is 0.111. The predicted molar refractivity (Wildman–Crippen MR) is 90.3 cm³/mol. The maximum absolute atomic E-state index is 9.08. The largest absolute Gasteiger partial charge is 0.240 e. The van der Waals surface area contributed by atoms with Crippen LogP contribution >= 0.6 is 12.6 Å². The van der Waals surface area contributed by atoms with Gasteiger partial charge in [0.2, 0.25) is 0 Å². The summed E-state index contributed by atoms with van der Waals surface area (Å²) in [7, 11) is 0. The summed E-state index contributed by atoms with van der Waals surface area (Å²) in [6.45, 7) is 2.03. The van der Waals surface area contributed by atoms with Crippen LogP contribution in [-0.4, -0.2) is 9.78 Å². The van der Waals surface area contributed by atoms with Crippen LogP contribution < -0.4 is 0 Å². The molecule has 0 saturated heterocycles. The van der Waals surface area contributed by atoms with Gasteiger partial charge in [-0.25, -0.2) is 4.68 Å². The molecular weight excluding hydrogens is 290 g/mol. The smallest absolute Gasteiger partial charge is 0.0981 e. The van der Waals surface area contributed by atoms with Gasteiger partial charge >= 0.3 is 0 Å². The second-order valence-corrected chi connectivity index (χ2v) is 5.62. The van der Waals surface area contributed by atoms with Gasteiger partial charge in [0.15, 0.2) is 0 Å². The fourth-order valence-electron chi connectivity index (χ4n) is 2.41. The molecule has 0 amide bonds. The molecule has 22 heavy (non-hydrogen) atoms. The number of benzene rings is 2. The highest BCUT2D eigenvalue weighted by Crippen LogP contribution is 2.30. The van der Waals surface area contributed by atoms with Gasteiger partial charge in [-0.2, -0.15) is 10.4 Å². The summed E-state index contributed by atoms with van der Waals surface area (Å²) in [6.07, 6.45) is 2.24. The topological polar surface area (TPSA) is 41.6 Å². The van der Waals surface area contributed by atoms with E-state index in [0.717, 1.165) is 33.0 Å². The molecule has 108 valence electrons. The number of nitrogens with zero attached hydrogens (tertiary/aromatic N) is 3. The van der Waals surface area contributed by atoms with Crippen LogP contribution in [0.1, 0.15) is 11.1 Å². The molecule has 4 heteroatoms. The number of nitriles is 1. The Hall–Kier alpha value is -2.51. The molecule has 2 aromatic carbocycles. The van der Waals surface area contributed by atoms with E-state index in [-0.39, 0.29) is 0 Å². The normalized spacial score (nSPS) is 10.4. The Balaban J connectivity index is 2.14. The molecule has 0 fully saturated rings. The summed E-state index contributed by atoms with van der Waals surface area (Å²) in [5.74, 6) is 0. The maximum atomic E-state index is 9.08. The molecule has 3 rings (SSSR count). The Morgan fingerprint density at radius 1 is 1.18 bits per heavy atom. The molecular formula is C18H15N3S. The van der Waals surface area contributed by atoms with E-state index in [9.17, 15) is 0 Å². The van der Waals surface area contributed by atoms with E-state index < -0.39 is 0 Å². The highest BCUT2D eigenvalue weighted by Gasteiger charge is 2.14. The average Bonchev–Trinajstić information content (AvgIpc) is 2.92. The van der Waals surface area contributed by atoms with Crippen LogP contribution in [0.4, 0.5) is 0 Å². The highest BCUT2D eigenvalue weighted by molar-refractivity contribution is 7.80. The second-order valence-electron chi connectivity index (χ2n) is 5.14. The minimum atomic E-state index is 0.323. The Morgan fingerprint density at radius 2 is 1.95 bits per heavy atom. The third-order valence-electron chi connectivity index (χ3n) is 3.49. The third kappa shape index (κ3) is 2.76. The van der Waals surface area contributed by atoms with E-state index in [0.29, 0.717) is 6.42 Å². The van der Waals surface area contributed by atoms with Gasteiger partial charge in [-0.1, -0.05) is 30.3 Å². The first-order chi connectivity index (χ1) is 10.7. The number of hydrogen-bond acceptors (Lipinski definition) is 3. The van der Waals surface area contributed by atoms with Gasteiger partial charge in [0.25, 0.3) is 0 Å². The molecule has 0 saturated carbocycles. The van der Waals surface area contributed by atoms with E-state index in [1.807, 2.05) is 66.3 Å². The van der Waals surface area contributed by atoms with Crippen LogP contribution in [-0.2, 0) is 6.42 Å². The molecule has 0 bridgehead atoms. The van der Waals surface area contributed by atoms with Crippen molar-refractivity contribution < 1.29 is 0 Å². The molecule has 0 atom stereocenters. The van der Waals surface area contributed by atoms with Crippen molar-refractivity contribution in [2.45, 2.75) is 18.2 Å². The van der Waals surface area contributed by atoms with Crippen LogP contribution in [0.2, 0.25) is 0 Å². The maximum Gasteiger partial charge on any atom is 0.0981 e. The second kappa shape index (κ2) is 6.08. The molecule has 0 aliphatic carbocycles. The lowest BCUT2D eigenvalue weighted by Crippen LogP contribution is -1.94. The SMILES string of the molecule is Cc1ccc(-c2nn(-c3ccccc3)cc2CC#N)c(S)c1. The molecule has 0 spiro atoms. The molecule has 3 nitrogen and oxygen atoms in total. The van der Waals surface area contributed by atoms with Gasteiger partial charge < -0.3 is 0 Å². The van der Waals surface area contributed by atoms with Crippen LogP contribution in [0, 0.1) is 18.3 Å². The van der Waals surface area contributed by atoms with Crippen molar-refractivity contribution in [1.29, 1.82) is 5.26 Å². The number of aromatic nitrogens is 2. The van der Waals surface area contributed by atoms with Crippen molar-refractivity contribution in [2.24, 2.45) is 0 Å². The average molecular weight is 305 g/mol. The lowest BCUT2D eigenvalue weighted by molar-refractivity contribution is 0.882. The molecule has 3 aromatic rings. The van der Waals surface area contributed by atoms with Crippen molar-refractivity contribution in [1.82, 2.24) is 9.78 Å². The highest BCUT2D eigenvalue weighted by atomic mass is 32.1. The zero-order valence-corrected chi connectivity index (χ0v) is 13.1. The van der Waals surface area contributed by atoms with Crippen LogP contribution in [0.15, 0.2) is 59.6 Å². The number of rotatable bonds is 3. The summed E-state index contributed by atoms with van der Waals surface area (Å²) < 4.78 is 1.81. The minimum Gasteiger partial charge on any atom is -0.240 e. The zero-order chi connectivity index (χ0) is 15.5. The predicted octanol–water partition coefficient (Wildman–Crippen LogP) is 4.20. The van der Waals surface area contributed by atoms with E-state index in [2.05, 4.69) is 23.8 Å². The standard InChI is InChI=1S/C18H15N3S/c1-13-7-8-16(17(22)11-13)18-14(9-10-19)12-21(20-18)15-5-3-2-4-6-15/h2-8,11-12,22H,9H2,1H3. The van der Waals surface area contributed by atoms with E-state index in [1.165, 1.54) is 0 Å². The van der Waals surface area contributed by atoms with Gasteiger partial charge in [-0.3, -0.25) is 0 Å². The summed E-state index contributed by atoms with van der Waals surface area (Å²) >= 11 is 4.56. The molecule has 0 aliphatic rings. The van der Waals surface area contributed by atoms with E-state index in [1.54, 1.807) is 0 Å². The quantitative estimate of drug-likeness (QED) is 0.737. The summed E-state index contributed by atoms with van der Waals surface area (Å²) in [4.78, 5) is 0.873. The monoisotopic (exact) mass is 305 g/mol. The van der Waals surface area contributed by atoms with Crippen LogP contribution in [0.3, 0.4) is 0 Å². The summed E-state index contributed by atoms with van der Waals surface area (Å²) in [5, 5.41) is 13.8. The first kappa shape index (κ1) is 14.4. The van der Waals surface area contributed by atoms with Crippen molar-refractivity contribution in [3.63, 3.8) is 0 Å². The van der Waals surface area contributed by atoms with Gasteiger partial charge in [-0.15, -0.1) is 12.6 Å². The molecule has 0 aliphatic heterocycles. The van der Waals surface area contributed by atoms with Gasteiger partial charge in [0, 0.05) is 22.2 Å². The van der Waals surface area contributed by atoms with Gasteiger partial charge in [0.1, 0.15) is 0 Å². The number of hydrogen-bond donors (Lipinski definition) is 1. The van der Waals surface area contributed by atoms with Crippen molar-refractivity contribution >= 4 is 12.6 Å². The first-order valence-electron chi connectivity index (χ1n) is 7.00. The Labute approximate surface area is 135 Å². The first-order valence-corrected chi connectivity index (χ1v) is 7.44. The molecule has 0 unspecified atom stereocenters. The van der Waals surface area contributed by atoms with Crippen molar-refractivity contribution in [2.75, 3.05) is 0 Å². The third-order valence-corrected chi connectivity index (χ3v) is 3.86. The Kier molecular flexibility index (Phi) is 3.99. The number of para-hydroxylation sites is 1. The summed E-state index contributed by atoms with van der Waals surface area (Å²) in [5.41, 5.74) is 4.80. The van der Waals surface area contributed by atoms with E-state index >= 15 is 0 Å².